The molecule has 0 amide bonds. The molecule has 0 aliphatic rings. The van der Waals surface area contributed by atoms with Gasteiger partial charge in [-0.25, -0.2) is 4.98 Å². The Labute approximate surface area is 98.4 Å². The van der Waals surface area contributed by atoms with E-state index >= 15 is 0 Å². The summed E-state index contributed by atoms with van der Waals surface area (Å²) in [6.07, 6.45) is 2.71. The fraction of sp³-hybridized carbons (Fsp3) is 0. The summed E-state index contributed by atoms with van der Waals surface area (Å²) < 4.78 is 1.93. The first kappa shape index (κ1) is 9.78. The lowest BCUT2D eigenvalue weighted by molar-refractivity contribution is 0.112. The highest BCUT2D eigenvalue weighted by molar-refractivity contribution is 5.85. The van der Waals surface area contributed by atoms with E-state index in [0.717, 1.165) is 23.2 Å². The van der Waals surface area contributed by atoms with Gasteiger partial charge in [-0.3, -0.25) is 9.20 Å². The standard InChI is InChI=1S/C14H10N2O/c17-10-12-13-8-4-5-9-16(13)14(15-12)11-6-2-1-3-7-11/h1-10H. The second-order valence-corrected chi connectivity index (χ2v) is 3.76. The molecule has 17 heavy (non-hydrogen) atoms. The first-order chi connectivity index (χ1) is 8.40. The predicted molar refractivity (Wildman–Crippen MR) is 66.0 cm³/mol. The van der Waals surface area contributed by atoms with E-state index in [0.29, 0.717) is 5.69 Å². The van der Waals surface area contributed by atoms with Gasteiger partial charge in [-0.1, -0.05) is 36.4 Å². The van der Waals surface area contributed by atoms with Crippen molar-refractivity contribution in [2.45, 2.75) is 0 Å². The van der Waals surface area contributed by atoms with Gasteiger partial charge >= 0.3 is 0 Å². The number of aromatic nitrogens is 2. The van der Waals surface area contributed by atoms with E-state index in [-0.39, 0.29) is 0 Å². The molecule has 0 aliphatic heterocycles. The molecule has 3 rings (SSSR count). The minimum absolute atomic E-state index is 0.476. The van der Waals surface area contributed by atoms with E-state index in [4.69, 9.17) is 0 Å². The minimum Gasteiger partial charge on any atom is -0.299 e. The third-order valence-electron chi connectivity index (χ3n) is 2.72. The Hall–Kier alpha value is -2.42. The van der Waals surface area contributed by atoms with Crippen LogP contribution in [-0.4, -0.2) is 15.7 Å². The van der Waals surface area contributed by atoms with E-state index in [2.05, 4.69) is 4.98 Å². The molecule has 0 radical (unpaired) electrons. The van der Waals surface area contributed by atoms with Crippen LogP contribution in [0.5, 0.6) is 0 Å². The largest absolute Gasteiger partial charge is 0.299 e. The van der Waals surface area contributed by atoms with Gasteiger partial charge in [0.25, 0.3) is 0 Å². The topological polar surface area (TPSA) is 34.4 Å². The molecule has 3 aromatic rings. The third kappa shape index (κ3) is 1.52. The molecule has 1 aromatic carbocycles. The quantitative estimate of drug-likeness (QED) is 0.625. The fourth-order valence-electron chi connectivity index (χ4n) is 1.94. The maximum Gasteiger partial charge on any atom is 0.170 e. The van der Waals surface area contributed by atoms with E-state index in [1.807, 2.05) is 59.1 Å². The number of benzene rings is 1. The van der Waals surface area contributed by atoms with Gasteiger partial charge in [-0.05, 0) is 12.1 Å². The number of fused-ring (bicyclic) bond motifs is 1. The lowest BCUT2D eigenvalue weighted by Gasteiger charge is -1.99. The zero-order valence-corrected chi connectivity index (χ0v) is 9.08. The normalized spacial score (nSPS) is 10.6. The number of carbonyl (C=O) groups is 1. The van der Waals surface area contributed by atoms with Crippen LogP contribution in [-0.2, 0) is 0 Å². The van der Waals surface area contributed by atoms with Gasteiger partial charge in [0.15, 0.2) is 6.29 Å². The Morgan fingerprint density at radius 3 is 2.53 bits per heavy atom. The molecular weight excluding hydrogens is 212 g/mol. The van der Waals surface area contributed by atoms with Crippen LogP contribution in [0.1, 0.15) is 10.5 Å². The maximum atomic E-state index is 11.0. The van der Waals surface area contributed by atoms with Crippen molar-refractivity contribution in [1.82, 2.24) is 9.38 Å². The van der Waals surface area contributed by atoms with Crippen LogP contribution < -0.4 is 0 Å². The molecule has 0 saturated carbocycles. The first-order valence-electron chi connectivity index (χ1n) is 5.38. The maximum absolute atomic E-state index is 11.0. The van der Waals surface area contributed by atoms with Crippen molar-refractivity contribution in [1.29, 1.82) is 0 Å². The Morgan fingerprint density at radius 2 is 1.76 bits per heavy atom. The smallest absolute Gasteiger partial charge is 0.170 e. The highest BCUT2D eigenvalue weighted by Crippen LogP contribution is 2.21. The van der Waals surface area contributed by atoms with Crippen molar-refractivity contribution < 1.29 is 4.79 Å². The lowest BCUT2D eigenvalue weighted by atomic mass is 10.2. The Bertz CT molecular complexity index is 671. The number of aldehydes is 1. The third-order valence-corrected chi connectivity index (χ3v) is 2.72. The molecule has 0 fully saturated rings. The Kier molecular flexibility index (Phi) is 2.22. The number of pyridine rings is 1. The molecule has 0 bridgehead atoms. The minimum atomic E-state index is 0.476. The molecule has 0 N–H and O–H groups in total. The first-order valence-corrected chi connectivity index (χ1v) is 5.38. The van der Waals surface area contributed by atoms with Crippen LogP contribution in [0.25, 0.3) is 16.9 Å². The number of nitrogens with zero attached hydrogens (tertiary/aromatic N) is 2. The molecule has 82 valence electrons. The van der Waals surface area contributed by atoms with Crippen molar-refractivity contribution >= 4 is 11.8 Å². The van der Waals surface area contributed by atoms with Gasteiger partial charge in [0.1, 0.15) is 11.5 Å². The highest BCUT2D eigenvalue weighted by Gasteiger charge is 2.10. The van der Waals surface area contributed by atoms with Crippen molar-refractivity contribution in [3.05, 3.63) is 60.4 Å². The van der Waals surface area contributed by atoms with Crippen molar-refractivity contribution in [3.8, 4) is 11.4 Å². The van der Waals surface area contributed by atoms with E-state index in [1.54, 1.807) is 0 Å². The summed E-state index contributed by atoms with van der Waals surface area (Å²) in [6.45, 7) is 0. The lowest BCUT2D eigenvalue weighted by Crippen LogP contribution is -1.87. The van der Waals surface area contributed by atoms with Crippen LogP contribution in [0.3, 0.4) is 0 Å². The van der Waals surface area contributed by atoms with Crippen molar-refractivity contribution in [3.63, 3.8) is 0 Å². The second-order valence-electron chi connectivity index (χ2n) is 3.76. The molecule has 0 atom stereocenters. The van der Waals surface area contributed by atoms with Crippen molar-refractivity contribution in [2.24, 2.45) is 0 Å². The van der Waals surface area contributed by atoms with Crippen LogP contribution in [0.15, 0.2) is 54.7 Å². The highest BCUT2D eigenvalue weighted by atomic mass is 16.1. The number of rotatable bonds is 2. The summed E-state index contributed by atoms with van der Waals surface area (Å²) in [5.41, 5.74) is 2.31. The number of imidazole rings is 1. The van der Waals surface area contributed by atoms with Crippen LogP contribution in [0, 0.1) is 0 Å². The van der Waals surface area contributed by atoms with Crippen LogP contribution in [0.2, 0.25) is 0 Å². The van der Waals surface area contributed by atoms with Crippen molar-refractivity contribution in [2.75, 3.05) is 0 Å². The van der Waals surface area contributed by atoms with Crippen LogP contribution >= 0.6 is 0 Å². The van der Waals surface area contributed by atoms with Gasteiger partial charge in [-0.2, -0.15) is 0 Å². The molecule has 0 aliphatic carbocycles. The summed E-state index contributed by atoms with van der Waals surface area (Å²) in [5, 5.41) is 0. The summed E-state index contributed by atoms with van der Waals surface area (Å²) in [6, 6.07) is 15.6. The average Bonchev–Trinajstić information content (AvgIpc) is 2.78. The van der Waals surface area contributed by atoms with Gasteiger partial charge in [0, 0.05) is 11.8 Å². The number of hydrogen-bond acceptors (Lipinski definition) is 2. The molecule has 0 spiro atoms. The Balaban J connectivity index is 2.34. The molecule has 2 heterocycles. The van der Waals surface area contributed by atoms with Gasteiger partial charge in [0.05, 0.1) is 5.52 Å². The zero-order valence-electron chi connectivity index (χ0n) is 9.08. The van der Waals surface area contributed by atoms with Crippen LogP contribution in [0.4, 0.5) is 0 Å². The summed E-state index contributed by atoms with van der Waals surface area (Å²) in [4.78, 5) is 15.4. The zero-order chi connectivity index (χ0) is 11.7. The molecule has 2 aromatic heterocycles. The summed E-state index contributed by atoms with van der Waals surface area (Å²) in [7, 11) is 0. The predicted octanol–water partition coefficient (Wildman–Crippen LogP) is 2.81. The molecular formula is C14H10N2O. The fourth-order valence-corrected chi connectivity index (χ4v) is 1.94. The number of carbonyl (C=O) groups excluding carboxylic acids is 1. The molecule has 0 saturated heterocycles. The summed E-state index contributed by atoms with van der Waals surface area (Å²) in [5.74, 6) is 0.795. The van der Waals surface area contributed by atoms with Gasteiger partial charge < -0.3 is 0 Å². The van der Waals surface area contributed by atoms with E-state index < -0.39 is 0 Å². The average molecular weight is 222 g/mol. The monoisotopic (exact) mass is 222 g/mol. The number of hydrogen-bond donors (Lipinski definition) is 0. The van der Waals surface area contributed by atoms with Gasteiger partial charge in [-0.15, -0.1) is 0 Å². The van der Waals surface area contributed by atoms with E-state index in [9.17, 15) is 4.79 Å². The molecule has 3 nitrogen and oxygen atoms in total. The molecule has 3 heteroatoms. The Morgan fingerprint density at radius 1 is 1.00 bits per heavy atom. The van der Waals surface area contributed by atoms with Gasteiger partial charge in [0.2, 0.25) is 0 Å². The summed E-state index contributed by atoms with van der Waals surface area (Å²) >= 11 is 0. The molecule has 0 unspecified atom stereocenters. The second kappa shape index (κ2) is 3.87. The SMILES string of the molecule is O=Cc1nc(-c2ccccc2)n2ccccc12. The van der Waals surface area contributed by atoms with E-state index in [1.165, 1.54) is 0 Å².